The predicted molar refractivity (Wildman–Crippen MR) is 87.4 cm³/mol. The Morgan fingerprint density at radius 2 is 2.05 bits per heavy atom. The molecular weight excluding hydrogens is 300 g/mol. The molecule has 0 spiro atoms. The normalized spacial score (nSPS) is 19.2. The molecule has 1 aromatic carbocycles. The lowest BCUT2D eigenvalue weighted by molar-refractivity contribution is 0.0618. The first-order chi connectivity index (χ1) is 10.3. The monoisotopic (exact) mass is 324 g/mol. The first-order valence-electron chi connectivity index (χ1n) is 7.61. The number of hydrogen-bond donors (Lipinski definition) is 1. The third-order valence-electron chi connectivity index (χ3n) is 4.08. The number of hydrogen-bond acceptors (Lipinski definition) is 3. The van der Waals surface area contributed by atoms with Crippen molar-refractivity contribution in [3.63, 3.8) is 0 Å². The van der Waals surface area contributed by atoms with Crippen molar-refractivity contribution >= 4 is 15.9 Å². The first-order valence-corrected chi connectivity index (χ1v) is 9.50. The largest absolute Gasteiger partial charge is 0.334 e. The first kappa shape index (κ1) is 17.0. The van der Waals surface area contributed by atoms with Crippen LogP contribution in [0.1, 0.15) is 40.7 Å². The van der Waals surface area contributed by atoms with Crippen molar-refractivity contribution in [2.45, 2.75) is 39.2 Å². The van der Waals surface area contributed by atoms with Crippen LogP contribution < -0.4 is 4.72 Å². The van der Waals surface area contributed by atoms with Gasteiger partial charge in [0.05, 0.1) is 6.26 Å². The molecule has 1 unspecified atom stereocenters. The molecule has 1 amide bonds. The van der Waals surface area contributed by atoms with Crippen molar-refractivity contribution < 1.29 is 13.2 Å². The quantitative estimate of drug-likeness (QED) is 0.919. The highest BCUT2D eigenvalue weighted by atomic mass is 32.2. The van der Waals surface area contributed by atoms with E-state index >= 15 is 0 Å². The van der Waals surface area contributed by atoms with Gasteiger partial charge < -0.3 is 4.90 Å². The number of amides is 1. The molecule has 0 radical (unpaired) electrons. The van der Waals surface area contributed by atoms with Crippen LogP contribution >= 0.6 is 0 Å². The average molecular weight is 324 g/mol. The molecule has 0 aliphatic carbocycles. The number of carbonyl (C=O) groups is 1. The summed E-state index contributed by atoms with van der Waals surface area (Å²) < 4.78 is 25.1. The Balaban J connectivity index is 2.17. The van der Waals surface area contributed by atoms with Crippen LogP contribution in [0.25, 0.3) is 0 Å². The van der Waals surface area contributed by atoms with Gasteiger partial charge in [0.2, 0.25) is 10.0 Å². The molecule has 1 aliphatic rings. The summed E-state index contributed by atoms with van der Waals surface area (Å²) in [5, 5.41) is 0. The van der Waals surface area contributed by atoms with E-state index in [0.29, 0.717) is 12.1 Å². The van der Waals surface area contributed by atoms with Gasteiger partial charge in [0.1, 0.15) is 0 Å². The van der Waals surface area contributed by atoms with Crippen LogP contribution in [0, 0.1) is 13.8 Å². The summed E-state index contributed by atoms with van der Waals surface area (Å²) in [5.41, 5.74) is 2.80. The number of sulfonamides is 1. The van der Waals surface area contributed by atoms with Crippen LogP contribution in [-0.2, 0) is 10.0 Å². The SMILES string of the molecule is Cc1ccc(C(=O)N2CCCCC2CNS(C)(=O)=O)c(C)c1. The van der Waals surface area contributed by atoms with Crippen LogP contribution in [0.2, 0.25) is 0 Å². The minimum atomic E-state index is -3.24. The van der Waals surface area contributed by atoms with E-state index in [1.54, 1.807) is 0 Å². The van der Waals surface area contributed by atoms with Gasteiger partial charge in [-0.1, -0.05) is 17.7 Å². The number of piperidine rings is 1. The maximum atomic E-state index is 12.8. The van der Waals surface area contributed by atoms with Crippen LogP contribution in [0.15, 0.2) is 18.2 Å². The Labute approximate surface area is 132 Å². The second kappa shape index (κ2) is 6.79. The summed E-state index contributed by atoms with van der Waals surface area (Å²) in [5.74, 6) is -0.00231. The van der Waals surface area contributed by atoms with E-state index in [-0.39, 0.29) is 18.5 Å². The van der Waals surface area contributed by atoms with Gasteiger partial charge in [0, 0.05) is 24.7 Å². The number of likely N-dealkylation sites (tertiary alicyclic amines) is 1. The number of rotatable bonds is 4. The fourth-order valence-corrected chi connectivity index (χ4v) is 3.43. The molecule has 22 heavy (non-hydrogen) atoms. The van der Waals surface area contributed by atoms with Crippen molar-refractivity contribution in [1.82, 2.24) is 9.62 Å². The molecular formula is C16H24N2O3S. The van der Waals surface area contributed by atoms with Gasteiger partial charge in [-0.15, -0.1) is 0 Å². The molecule has 2 rings (SSSR count). The summed E-state index contributed by atoms with van der Waals surface area (Å²) in [7, 11) is -3.24. The minimum Gasteiger partial charge on any atom is -0.334 e. The summed E-state index contributed by atoms with van der Waals surface area (Å²) in [6, 6.07) is 5.73. The van der Waals surface area contributed by atoms with Gasteiger partial charge in [0.15, 0.2) is 0 Å². The van der Waals surface area contributed by atoms with E-state index in [2.05, 4.69) is 4.72 Å². The molecule has 1 atom stereocenters. The third-order valence-corrected chi connectivity index (χ3v) is 4.77. The Morgan fingerprint density at radius 1 is 1.32 bits per heavy atom. The molecule has 1 heterocycles. The smallest absolute Gasteiger partial charge is 0.254 e. The Hall–Kier alpha value is -1.40. The number of carbonyl (C=O) groups excluding carboxylic acids is 1. The number of nitrogens with zero attached hydrogens (tertiary/aromatic N) is 1. The van der Waals surface area contributed by atoms with E-state index in [4.69, 9.17) is 0 Å². The second-order valence-corrected chi connectivity index (χ2v) is 7.92. The van der Waals surface area contributed by atoms with Crippen LogP contribution in [-0.4, -0.2) is 44.6 Å². The average Bonchev–Trinajstić information content (AvgIpc) is 2.44. The summed E-state index contributed by atoms with van der Waals surface area (Å²) in [6.07, 6.45) is 3.96. The lowest BCUT2D eigenvalue weighted by Crippen LogP contribution is -2.49. The predicted octanol–water partition coefficient (Wildman–Crippen LogP) is 1.85. The third kappa shape index (κ3) is 4.30. The number of nitrogens with one attached hydrogen (secondary N) is 1. The molecule has 6 heteroatoms. The summed E-state index contributed by atoms with van der Waals surface area (Å²) in [4.78, 5) is 14.6. The zero-order valence-corrected chi connectivity index (χ0v) is 14.2. The highest BCUT2D eigenvalue weighted by Crippen LogP contribution is 2.21. The van der Waals surface area contributed by atoms with Crippen molar-refractivity contribution in [1.29, 1.82) is 0 Å². The fraction of sp³-hybridized carbons (Fsp3) is 0.562. The molecule has 0 saturated carbocycles. The molecule has 1 N–H and O–H groups in total. The zero-order chi connectivity index (χ0) is 16.3. The van der Waals surface area contributed by atoms with Crippen LogP contribution in [0.4, 0.5) is 0 Å². The van der Waals surface area contributed by atoms with Crippen LogP contribution in [0.3, 0.4) is 0 Å². The molecule has 0 bridgehead atoms. The van der Waals surface area contributed by atoms with Gasteiger partial charge in [-0.05, 0) is 44.7 Å². The van der Waals surface area contributed by atoms with E-state index < -0.39 is 10.0 Å². The standard InChI is InChI=1S/C16H24N2O3S/c1-12-7-8-15(13(2)10-12)16(19)18-9-5-4-6-14(18)11-17-22(3,20)21/h7-8,10,14,17H,4-6,9,11H2,1-3H3. The highest BCUT2D eigenvalue weighted by Gasteiger charge is 2.28. The lowest BCUT2D eigenvalue weighted by atomic mass is 9.99. The minimum absolute atomic E-state index is 0.00231. The number of aryl methyl sites for hydroxylation is 2. The molecule has 5 nitrogen and oxygen atoms in total. The van der Waals surface area contributed by atoms with E-state index in [9.17, 15) is 13.2 Å². The van der Waals surface area contributed by atoms with Gasteiger partial charge in [-0.25, -0.2) is 13.1 Å². The Kier molecular flexibility index (Phi) is 5.24. The van der Waals surface area contributed by atoms with Crippen LogP contribution in [0.5, 0.6) is 0 Å². The zero-order valence-electron chi connectivity index (χ0n) is 13.4. The maximum absolute atomic E-state index is 12.8. The summed E-state index contributed by atoms with van der Waals surface area (Å²) >= 11 is 0. The van der Waals surface area contributed by atoms with Gasteiger partial charge in [0.25, 0.3) is 5.91 Å². The maximum Gasteiger partial charge on any atom is 0.254 e. The molecule has 1 fully saturated rings. The lowest BCUT2D eigenvalue weighted by Gasteiger charge is -2.36. The fourth-order valence-electron chi connectivity index (χ4n) is 2.94. The molecule has 122 valence electrons. The molecule has 1 aromatic rings. The summed E-state index contributed by atoms with van der Waals surface area (Å²) in [6.45, 7) is 4.91. The molecule has 1 aliphatic heterocycles. The Morgan fingerprint density at radius 3 is 2.68 bits per heavy atom. The van der Waals surface area contributed by atoms with Crippen molar-refractivity contribution in [2.24, 2.45) is 0 Å². The topological polar surface area (TPSA) is 66.5 Å². The van der Waals surface area contributed by atoms with E-state index in [1.165, 1.54) is 0 Å². The van der Waals surface area contributed by atoms with Crippen molar-refractivity contribution in [3.05, 3.63) is 34.9 Å². The van der Waals surface area contributed by atoms with Gasteiger partial charge >= 0.3 is 0 Å². The second-order valence-electron chi connectivity index (χ2n) is 6.09. The van der Waals surface area contributed by atoms with Crippen molar-refractivity contribution in [3.8, 4) is 0 Å². The van der Waals surface area contributed by atoms with E-state index in [1.807, 2.05) is 36.9 Å². The molecule has 1 saturated heterocycles. The van der Waals surface area contributed by atoms with Gasteiger partial charge in [-0.3, -0.25) is 4.79 Å². The molecule has 0 aromatic heterocycles. The van der Waals surface area contributed by atoms with Crippen molar-refractivity contribution in [2.75, 3.05) is 19.3 Å². The Bertz CT molecular complexity index is 655. The number of benzene rings is 1. The highest BCUT2D eigenvalue weighted by molar-refractivity contribution is 7.88. The van der Waals surface area contributed by atoms with Gasteiger partial charge in [-0.2, -0.15) is 0 Å². The van der Waals surface area contributed by atoms with E-state index in [0.717, 1.165) is 36.6 Å².